The molecule has 0 saturated heterocycles. The molecule has 2 N–H and O–H groups in total. The Labute approximate surface area is 263 Å². The number of unbranched alkanes of at least 4 members (excludes halogenated alkanes) is 12. The van der Waals surface area contributed by atoms with Crippen molar-refractivity contribution in [1.29, 1.82) is 0 Å². The average Bonchev–Trinajstić information content (AvgIpc) is 2.98. The molecular formula is C35H50ClNO6. The van der Waals surface area contributed by atoms with Gasteiger partial charge in [0, 0.05) is 0 Å². The van der Waals surface area contributed by atoms with E-state index >= 15 is 0 Å². The molecule has 0 unspecified atom stereocenters. The number of nitrogens with one attached hydrogen (secondary N) is 1. The van der Waals surface area contributed by atoms with E-state index in [4.69, 9.17) is 30.9 Å². The summed E-state index contributed by atoms with van der Waals surface area (Å²) in [5, 5.41) is 12.1. The molecule has 0 spiro atoms. The molecule has 2 aromatic carbocycles. The number of carbonyl (C=O) groups excluding carboxylic acids is 1. The number of aliphatic carboxylic acids is 1. The number of esters is 1. The highest BCUT2D eigenvalue weighted by Gasteiger charge is 2.12. The number of hydrogen-bond donors (Lipinski definition) is 2. The summed E-state index contributed by atoms with van der Waals surface area (Å²) in [6, 6.07) is 12.6. The Bertz CT molecular complexity index is 1120. The van der Waals surface area contributed by atoms with Gasteiger partial charge in [0.05, 0.1) is 29.0 Å². The van der Waals surface area contributed by atoms with Crippen LogP contribution in [0, 0.1) is 0 Å². The molecule has 8 heteroatoms. The molecule has 238 valence electrons. The maximum Gasteiger partial charge on any atom is 0.338 e. The van der Waals surface area contributed by atoms with E-state index in [1.807, 2.05) is 12.1 Å². The van der Waals surface area contributed by atoms with E-state index in [1.165, 1.54) is 107 Å². The number of aryl methyl sites for hydroxylation is 1. The zero-order valence-electron chi connectivity index (χ0n) is 26.0. The third-order valence-electron chi connectivity index (χ3n) is 7.07. The fourth-order valence-electron chi connectivity index (χ4n) is 4.78. The van der Waals surface area contributed by atoms with Crippen molar-refractivity contribution in [2.45, 2.75) is 104 Å². The maximum absolute atomic E-state index is 12.6. The van der Waals surface area contributed by atoms with Gasteiger partial charge < -0.3 is 24.6 Å². The summed E-state index contributed by atoms with van der Waals surface area (Å²) in [5.74, 6) is -0.950. The topological polar surface area (TPSA) is 94.1 Å². The van der Waals surface area contributed by atoms with Gasteiger partial charge >= 0.3 is 11.9 Å². The van der Waals surface area contributed by atoms with Gasteiger partial charge in [-0.3, -0.25) is 0 Å². The van der Waals surface area contributed by atoms with Gasteiger partial charge in [-0.2, -0.15) is 0 Å². The van der Waals surface area contributed by atoms with Gasteiger partial charge in [0.25, 0.3) is 0 Å². The summed E-state index contributed by atoms with van der Waals surface area (Å²) in [5.41, 5.74) is 1.84. The lowest BCUT2D eigenvalue weighted by atomic mass is 10.0. The summed E-state index contributed by atoms with van der Waals surface area (Å²) in [7, 11) is 0. The summed E-state index contributed by atoms with van der Waals surface area (Å²) >= 11 is 6.21. The standard InChI is InChI=1S/C35H50ClNO6/c1-3-5-6-7-8-9-10-11-12-13-14-15-16-18-28-19-17-20-30(25-28)42-23-24-43-35(40)29-21-22-31(36)32(26-29)37-33(41-4-2)27-34(38)39/h17,19-22,25-27,37H,3-16,18,23-24H2,1-2H3,(H,38,39)/b33-27-. The molecule has 2 rings (SSSR count). The van der Waals surface area contributed by atoms with Crippen molar-refractivity contribution in [3.8, 4) is 5.75 Å². The second-order valence-electron chi connectivity index (χ2n) is 10.7. The lowest BCUT2D eigenvalue weighted by molar-refractivity contribution is -0.131. The fourth-order valence-corrected chi connectivity index (χ4v) is 4.94. The number of ether oxygens (including phenoxy) is 3. The van der Waals surface area contributed by atoms with E-state index in [0.717, 1.165) is 18.2 Å². The second kappa shape index (κ2) is 22.4. The molecule has 0 atom stereocenters. The summed E-state index contributed by atoms with van der Waals surface area (Å²) in [4.78, 5) is 23.6. The molecule has 0 bridgehead atoms. The zero-order valence-corrected chi connectivity index (χ0v) is 26.8. The highest BCUT2D eigenvalue weighted by molar-refractivity contribution is 6.33. The number of carboxylic acid groups (broad SMARTS) is 1. The molecule has 2 aromatic rings. The Morgan fingerprint density at radius 2 is 1.47 bits per heavy atom. The van der Waals surface area contributed by atoms with Crippen LogP contribution in [0.25, 0.3) is 0 Å². The Morgan fingerprint density at radius 1 is 0.814 bits per heavy atom. The van der Waals surface area contributed by atoms with Gasteiger partial charge in [0.15, 0.2) is 5.88 Å². The number of carboxylic acids is 1. The van der Waals surface area contributed by atoms with Crippen LogP contribution in [0.4, 0.5) is 5.69 Å². The molecule has 0 aliphatic heterocycles. The summed E-state index contributed by atoms with van der Waals surface area (Å²) in [6.07, 6.45) is 19.4. The minimum Gasteiger partial charge on any atom is -0.490 e. The third-order valence-corrected chi connectivity index (χ3v) is 7.40. The molecule has 0 radical (unpaired) electrons. The molecule has 0 fully saturated rings. The highest BCUT2D eigenvalue weighted by atomic mass is 35.5. The van der Waals surface area contributed by atoms with Crippen molar-refractivity contribution in [1.82, 2.24) is 0 Å². The Morgan fingerprint density at radius 3 is 2.09 bits per heavy atom. The van der Waals surface area contributed by atoms with Crippen molar-refractivity contribution >= 4 is 29.2 Å². The summed E-state index contributed by atoms with van der Waals surface area (Å²) < 4.78 is 16.5. The van der Waals surface area contributed by atoms with Crippen LogP contribution >= 0.6 is 11.6 Å². The van der Waals surface area contributed by atoms with E-state index in [1.54, 1.807) is 6.92 Å². The molecule has 43 heavy (non-hydrogen) atoms. The third kappa shape index (κ3) is 16.3. The number of rotatable bonds is 24. The van der Waals surface area contributed by atoms with E-state index in [2.05, 4.69) is 24.4 Å². The number of carbonyl (C=O) groups is 2. The largest absolute Gasteiger partial charge is 0.490 e. The minimum atomic E-state index is -1.17. The average molecular weight is 616 g/mol. The predicted molar refractivity (Wildman–Crippen MR) is 174 cm³/mol. The van der Waals surface area contributed by atoms with Crippen LogP contribution in [0.3, 0.4) is 0 Å². The quantitative estimate of drug-likeness (QED) is 0.0525. The van der Waals surface area contributed by atoms with Crippen LogP contribution in [0.1, 0.15) is 113 Å². The molecule has 0 saturated carbocycles. The molecule has 0 aliphatic rings. The van der Waals surface area contributed by atoms with Crippen molar-refractivity contribution < 1.29 is 28.9 Å². The molecule has 0 amide bonds. The predicted octanol–water partition coefficient (Wildman–Crippen LogP) is 9.58. The first-order chi connectivity index (χ1) is 20.9. The Balaban J connectivity index is 1.64. The van der Waals surface area contributed by atoms with Crippen molar-refractivity contribution in [3.05, 3.63) is 70.6 Å². The monoisotopic (exact) mass is 615 g/mol. The van der Waals surface area contributed by atoms with Crippen LogP contribution in [-0.2, 0) is 20.7 Å². The van der Waals surface area contributed by atoms with Crippen molar-refractivity contribution in [2.24, 2.45) is 0 Å². The lowest BCUT2D eigenvalue weighted by Gasteiger charge is -2.13. The fraction of sp³-hybridized carbons (Fsp3) is 0.543. The van der Waals surface area contributed by atoms with Gasteiger partial charge in [0.2, 0.25) is 0 Å². The Hall–Kier alpha value is -3.19. The van der Waals surface area contributed by atoms with E-state index < -0.39 is 11.9 Å². The first-order valence-electron chi connectivity index (χ1n) is 16.0. The van der Waals surface area contributed by atoms with Crippen molar-refractivity contribution in [3.63, 3.8) is 0 Å². The van der Waals surface area contributed by atoms with Gasteiger partial charge in [-0.15, -0.1) is 0 Å². The van der Waals surface area contributed by atoms with Crippen LogP contribution < -0.4 is 10.1 Å². The first kappa shape index (κ1) is 36.0. The normalized spacial score (nSPS) is 11.3. The first-order valence-corrected chi connectivity index (χ1v) is 16.3. The van der Waals surface area contributed by atoms with Crippen LogP contribution in [0.15, 0.2) is 54.4 Å². The van der Waals surface area contributed by atoms with E-state index in [-0.39, 0.29) is 31.3 Å². The second-order valence-corrected chi connectivity index (χ2v) is 11.1. The number of anilines is 1. The van der Waals surface area contributed by atoms with Gasteiger partial charge in [-0.25, -0.2) is 9.59 Å². The van der Waals surface area contributed by atoms with E-state index in [0.29, 0.717) is 10.7 Å². The molecule has 0 aromatic heterocycles. The molecule has 0 aliphatic carbocycles. The Kier molecular flexibility index (Phi) is 18.7. The van der Waals surface area contributed by atoms with Crippen LogP contribution in [0.2, 0.25) is 5.02 Å². The smallest absolute Gasteiger partial charge is 0.338 e. The molecule has 7 nitrogen and oxygen atoms in total. The molecule has 0 heterocycles. The van der Waals surface area contributed by atoms with Gasteiger partial charge in [0.1, 0.15) is 19.0 Å². The van der Waals surface area contributed by atoms with Gasteiger partial charge in [-0.1, -0.05) is 108 Å². The van der Waals surface area contributed by atoms with Gasteiger partial charge in [-0.05, 0) is 55.7 Å². The lowest BCUT2D eigenvalue weighted by Crippen LogP contribution is -2.13. The van der Waals surface area contributed by atoms with Crippen LogP contribution in [-0.4, -0.2) is 36.9 Å². The van der Waals surface area contributed by atoms with Crippen molar-refractivity contribution in [2.75, 3.05) is 25.1 Å². The van der Waals surface area contributed by atoms with Crippen LogP contribution in [0.5, 0.6) is 5.75 Å². The molecular weight excluding hydrogens is 566 g/mol. The minimum absolute atomic E-state index is 0.00660. The highest BCUT2D eigenvalue weighted by Crippen LogP contribution is 2.25. The summed E-state index contributed by atoms with van der Waals surface area (Å²) in [6.45, 7) is 4.56. The number of halogens is 1. The zero-order chi connectivity index (χ0) is 31.1. The number of benzene rings is 2. The van der Waals surface area contributed by atoms with E-state index in [9.17, 15) is 9.59 Å². The SMILES string of the molecule is CCCCCCCCCCCCCCCc1cccc(OCCOC(=O)c2ccc(Cl)c(N/C(=C/C(=O)O)OCC)c2)c1. The number of hydrogen-bond acceptors (Lipinski definition) is 6. The maximum atomic E-state index is 12.6.